The van der Waals surface area contributed by atoms with Crippen LogP contribution in [0.15, 0.2) is 59.5 Å². The predicted octanol–water partition coefficient (Wildman–Crippen LogP) is 2.66. The lowest BCUT2D eigenvalue weighted by atomic mass is 10.1. The van der Waals surface area contributed by atoms with Crippen molar-refractivity contribution in [3.63, 3.8) is 0 Å². The fourth-order valence-electron chi connectivity index (χ4n) is 3.19. The summed E-state index contributed by atoms with van der Waals surface area (Å²) in [5, 5.41) is 2.74. The van der Waals surface area contributed by atoms with Crippen LogP contribution in [0.2, 0.25) is 0 Å². The standard InChI is InChI=1S/C22H24N2O4S/c1-29-19-9-5-8-18(13-19)24-14-17(12-21(24)26)22(27)28-15-20(25)23-11-10-16-6-3-2-4-7-16/h2-9,13,17H,10-12,14-15H2,1H3,(H,23,25)/t17-/m1/s1. The molecule has 6 nitrogen and oxygen atoms in total. The monoisotopic (exact) mass is 412 g/mol. The number of carbonyl (C=O) groups is 3. The Morgan fingerprint density at radius 3 is 2.72 bits per heavy atom. The molecule has 0 aromatic heterocycles. The number of esters is 1. The van der Waals surface area contributed by atoms with Gasteiger partial charge in [-0.05, 0) is 36.4 Å². The number of thioether (sulfide) groups is 1. The minimum Gasteiger partial charge on any atom is -0.455 e. The van der Waals surface area contributed by atoms with E-state index in [1.807, 2.05) is 60.9 Å². The van der Waals surface area contributed by atoms with Gasteiger partial charge in [-0.1, -0.05) is 36.4 Å². The van der Waals surface area contributed by atoms with Crippen LogP contribution in [-0.2, 0) is 25.5 Å². The fraction of sp³-hybridized carbons (Fsp3) is 0.318. The fourth-order valence-corrected chi connectivity index (χ4v) is 3.64. The highest BCUT2D eigenvalue weighted by molar-refractivity contribution is 7.98. The van der Waals surface area contributed by atoms with Crippen molar-refractivity contribution in [2.75, 3.05) is 30.9 Å². The maximum absolute atomic E-state index is 12.3. The number of ether oxygens (including phenoxy) is 1. The number of carbonyl (C=O) groups excluding carboxylic acids is 3. The molecule has 2 aromatic carbocycles. The molecule has 29 heavy (non-hydrogen) atoms. The second-order valence-corrected chi connectivity index (χ2v) is 7.68. The molecular formula is C22H24N2O4S. The van der Waals surface area contributed by atoms with E-state index in [1.54, 1.807) is 16.7 Å². The quantitative estimate of drug-likeness (QED) is 0.533. The maximum atomic E-state index is 12.3. The SMILES string of the molecule is CSc1cccc(N2C[C@H](C(=O)OCC(=O)NCCc3ccccc3)CC2=O)c1. The summed E-state index contributed by atoms with van der Waals surface area (Å²) in [5.41, 5.74) is 1.90. The highest BCUT2D eigenvalue weighted by atomic mass is 32.2. The number of anilines is 1. The van der Waals surface area contributed by atoms with Gasteiger partial charge in [0.1, 0.15) is 0 Å². The highest BCUT2D eigenvalue weighted by Gasteiger charge is 2.36. The first-order valence-electron chi connectivity index (χ1n) is 9.48. The molecule has 3 rings (SSSR count). The van der Waals surface area contributed by atoms with Crippen molar-refractivity contribution >= 4 is 35.2 Å². The lowest BCUT2D eigenvalue weighted by molar-refractivity contribution is -0.152. The van der Waals surface area contributed by atoms with Gasteiger partial charge in [0.25, 0.3) is 5.91 Å². The normalized spacial score (nSPS) is 16.0. The minimum atomic E-state index is -0.558. The summed E-state index contributed by atoms with van der Waals surface area (Å²) in [5.74, 6) is -1.53. The third-order valence-electron chi connectivity index (χ3n) is 4.75. The van der Waals surface area contributed by atoms with E-state index in [0.717, 1.165) is 16.1 Å². The van der Waals surface area contributed by atoms with Crippen LogP contribution in [-0.4, -0.2) is 43.7 Å². The Morgan fingerprint density at radius 1 is 1.17 bits per heavy atom. The number of hydrogen-bond donors (Lipinski definition) is 1. The van der Waals surface area contributed by atoms with Crippen molar-refractivity contribution in [1.82, 2.24) is 5.32 Å². The summed E-state index contributed by atoms with van der Waals surface area (Å²) in [7, 11) is 0. The molecule has 1 fully saturated rings. The van der Waals surface area contributed by atoms with Gasteiger partial charge in [-0.15, -0.1) is 11.8 Å². The van der Waals surface area contributed by atoms with E-state index in [-0.39, 0.29) is 31.4 Å². The van der Waals surface area contributed by atoms with Gasteiger partial charge in [-0.2, -0.15) is 0 Å². The van der Waals surface area contributed by atoms with E-state index in [1.165, 1.54) is 0 Å². The van der Waals surface area contributed by atoms with Gasteiger partial charge >= 0.3 is 5.97 Å². The molecule has 1 saturated heterocycles. The van der Waals surface area contributed by atoms with Crippen molar-refractivity contribution in [3.8, 4) is 0 Å². The molecule has 0 saturated carbocycles. The molecule has 2 aromatic rings. The molecule has 0 aliphatic carbocycles. The summed E-state index contributed by atoms with van der Waals surface area (Å²) in [6, 6.07) is 17.5. The third-order valence-corrected chi connectivity index (χ3v) is 5.47. The van der Waals surface area contributed by atoms with E-state index in [0.29, 0.717) is 13.0 Å². The van der Waals surface area contributed by atoms with Crippen molar-refractivity contribution in [1.29, 1.82) is 0 Å². The van der Waals surface area contributed by atoms with Crippen molar-refractivity contribution < 1.29 is 19.1 Å². The van der Waals surface area contributed by atoms with Gasteiger partial charge in [0.2, 0.25) is 5.91 Å². The van der Waals surface area contributed by atoms with Crippen LogP contribution in [0.5, 0.6) is 0 Å². The van der Waals surface area contributed by atoms with Crippen molar-refractivity contribution in [2.45, 2.75) is 17.7 Å². The average Bonchev–Trinajstić information content (AvgIpc) is 3.14. The second kappa shape index (κ2) is 10.1. The predicted molar refractivity (Wildman–Crippen MR) is 113 cm³/mol. The lowest BCUT2D eigenvalue weighted by Crippen LogP contribution is -2.32. The summed E-state index contributed by atoms with van der Waals surface area (Å²) in [4.78, 5) is 39.2. The molecule has 2 amide bonds. The summed E-state index contributed by atoms with van der Waals surface area (Å²) < 4.78 is 5.13. The first kappa shape index (κ1) is 20.9. The van der Waals surface area contributed by atoms with E-state index in [4.69, 9.17) is 4.74 Å². The zero-order valence-corrected chi connectivity index (χ0v) is 17.1. The molecular weight excluding hydrogens is 388 g/mol. The number of amides is 2. The molecule has 152 valence electrons. The van der Waals surface area contributed by atoms with Crippen LogP contribution in [0, 0.1) is 5.92 Å². The molecule has 1 atom stereocenters. The molecule has 0 unspecified atom stereocenters. The zero-order valence-electron chi connectivity index (χ0n) is 16.3. The number of benzene rings is 2. The molecule has 1 aliphatic rings. The lowest BCUT2D eigenvalue weighted by Gasteiger charge is -2.17. The third kappa shape index (κ3) is 5.84. The summed E-state index contributed by atoms with van der Waals surface area (Å²) >= 11 is 1.59. The first-order chi connectivity index (χ1) is 14.1. The van der Waals surface area contributed by atoms with Crippen LogP contribution in [0.1, 0.15) is 12.0 Å². The van der Waals surface area contributed by atoms with Crippen LogP contribution in [0.25, 0.3) is 0 Å². The number of nitrogens with zero attached hydrogens (tertiary/aromatic N) is 1. The number of nitrogens with one attached hydrogen (secondary N) is 1. The maximum Gasteiger partial charge on any atom is 0.311 e. The van der Waals surface area contributed by atoms with Gasteiger partial charge < -0.3 is 15.0 Å². The Kier molecular flexibility index (Phi) is 7.30. The van der Waals surface area contributed by atoms with Gasteiger partial charge in [-0.3, -0.25) is 14.4 Å². The molecule has 0 bridgehead atoms. The zero-order chi connectivity index (χ0) is 20.6. The van der Waals surface area contributed by atoms with E-state index >= 15 is 0 Å². The smallest absolute Gasteiger partial charge is 0.311 e. The Labute approximate surface area is 174 Å². The van der Waals surface area contributed by atoms with Gasteiger partial charge in [0.15, 0.2) is 6.61 Å². The molecule has 0 spiro atoms. The van der Waals surface area contributed by atoms with Crippen molar-refractivity contribution in [3.05, 3.63) is 60.2 Å². The summed E-state index contributed by atoms with van der Waals surface area (Å²) in [6.07, 6.45) is 2.77. The average molecular weight is 413 g/mol. The highest BCUT2D eigenvalue weighted by Crippen LogP contribution is 2.28. The van der Waals surface area contributed by atoms with Gasteiger partial charge in [0, 0.05) is 30.1 Å². The van der Waals surface area contributed by atoms with Crippen LogP contribution >= 0.6 is 11.8 Å². The van der Waals surface area contributed by atoms with E-state index in [9.17, 15) is 14.4 Å². The Bertz CT molecular complexity index is 872. The molecule has 1 aliphatic heterocycles. The van der Waals surface area contributed by atoms with Crippen LogP contribution in [0.3, 0.4) is 0 Å². The number of rotatable bonds is 8. The van der Waals surface area contributed by atoms with Crippen LogP contribution in [0.4, 0.5) is 5.69 Å². The Hall–Kier alpha value is -2.80. The molecule has 7 heteroatoms. The second-order valence-electron chi connectivity index (χ2n) is 6.80. The van der Waals surface area contributed by atoms with Gasteiger partial charge in [0.05, 0.1) is 5.92 Å². The topological polar surface area (TPSA) is 75.7 Å². The molecule has 1 N–H and O–H groups in total. The summed E-state index contributed by atoms with van der Waals surface area (Å²) in [6.45, 7) is 0.410. The van der Waals surface area contributed by atoms with Crippen LogP contribution < -0.4 is 10.2 Å². The molecule has 0 radical (unpaired) electrons. The largest absolute Gasteiger partial charge is 0.455 e. The minimum absolute atomic E-state index is 0.0952. The van der Waals surface area contributed by atoms with Gasteiger partial charge in [-0.25, -0.2) is 0 Å². The number of hydrogen-bond acceptors (Lipinski definition) is 5. The Morgan fingerprint density at radius 2 is 1.97 bits per heavy atom. The van der Waals surface area contributed by atoms with E-state index in [2.05, 4.69) is 5.32 Å². The molecule has 1 heterocycles. The first-order valence-corrected chi connectivity index (χ1v) is 10.7. The van der Waals surface area contributed by atoms with E-state index < -0.39 is 11.9 Å². The Balaban J connectivity index is 1.43. The van der Waals surface area contributed by atoms with Crippen molar-refractivity contribution in [2.24, 2.45) is 5.92 Å².